The fourth-order valence-electron chi connectivity index (χ4n) is 1.80. The molecule has 7 heteroatoms. The number of nitrogen functional groups attached to an aromatic ring is 1. The highest BCUT2D eigenvalue weighted by atomic mass is 19.4. The van der Waals surface area contributed by atoms with Crippen molar-refractivity contribution in [2.45, 2.75) is 13.1 Å². The first-order chi connectivity index (χ1) is 9.76. The average molecular weight is 300 g/mol. The number of aromatic nitrogens is 1. The van der Waals surface area contributed by atoms with Crippen LogP contribution in [0.4, 0.5) is 23.2 Å². The third-order valence-corrected chi connectivity index (χ3v) is 2.77. The molecule has 1 aromatic heterocycles. The topological polar surface area (TPSA) is 48.1 Å². The molecule has 2 rings (SSSR count). The minimum absolute atomic E-state index is 0.0364. The Hall–Kier alpha value is -2.31. The molecule has 0 aliphatic rings. The lowest BCUT2D eigenvalue weighted by molar-refractivity contribution is -0.154. The van der Waals surface area contributed by atoms with Gasteiger partial charge in [0, 0.05) is 17.8 Å². The Balaban J connectivity index is 2.21. The number of aryl methyl sites for hydroxylation is 1. The first kappa shape index (κ1) is 15.1. The van der Waals surface area contributed by atoms with Crippen LogP contribution in [-0.2, 0) is 0 Å². The number of rotatable bonds is 3. The Morgan fingerprint density at radius 2 is 1.95 bits per heavy atom. The molecule has 0 fully saturated rings. The molecule has 2 N–H and O–H groups in total. The Bertz CT molecular complexity index is 639. The van der Waals surface area contributed by atoms with Gasteiger partial charge in [-0.1, -0.05) is 0 Å². The Morgan fingerprint density at radius 1 is 1.24 bits per heavy atom. The number of anilines is 1. The summed E-state index contributed by atoms with van der Waals surface area (Å²) in [7, 11) is 0. The monoisotopic (exact) mass is 300 g/mol. The number of hydrogen-bond acceptors (Lipinski definition) is 3. The summed E-state index contributed by atoms with van der Waals surface area (Å²) in [6, 6.07) is 5.56. The number of benzene rings is 1. The van der Waals surface area contributed by atoms with Gasteiger partial charge in [-0.25, -0.2) is 9.37 Å². The van der Waals surface area contributed by atoms with Crippen LogP contribution in [0.5, 0.6) is 5.88 Å². The minimum Gasteiger partial charge on any atom is -0.468 e. The van der Waals surface area contributed by atoms with E-state index in [1.165, 1.54) is 30.5 Å². The first-order valence-electron chi connectivity index (χ1n) is 5.98. The van der Waals surface area contributed by atoms with Crippen LogP contribution >= 0.6 is 0 Å². The molecule has 0 aliphatic heterocycles. The number of ether oxygens (including phenoxy) is 1. The van der Waals surface area contributed by atoms with E-state index in [0.29, 0.717) is 11.1 Å². The summed E-state index contributed by atoms with van der Waals surface area (Å²) in [5.74, 6) is -0.711. The fourth-order valence-corrected chi connectivity index (χ4v) is 1.80. The van der Waals surface area contributed by atoms with Crippen molar-refractivity contribution in [3.05, 3.63) is 41.8 Å². The smallest absolute Gasteiger partial charge is 0.422 e. The van der Waals surface area contributed by atoms with Crippen LogP contribution in [0.1, 0.15) is 5.56 Å². The highest BCUT2D eigenvalue weighted by molar-refractivity contribution is 5.69. The van der Waals surface area contributed by atoms with Crippen molar-refractivity contribution in [1.82, 2.24) is 4.98 Å². The molecule has 0 unspecified atom stereocenters. The predicted molar refractivity (Wildman–Crippen MR) is 70.3 cm³/mol. The van der Waals surface area contributed by atoms with E-state index >= 15 is 0 Å². The molecule has 0 radical (unpaired) electrons. The molecule has 0 saturated heterocycles. The molecule has 0 spiro atoms. The predicted octanol–water partition coefficient (Wildman–Crippen LogP) is 3.72. The molecule has 0 atom stereocenters. The summed E-state index contributed by atoms with van der Waals surface area (Å²) in [6.45, 7) is 0.341. The lowest BCUT2D eigenvalue weighted by atomic mass is 10.0. The maximum atomic E-state index is 13.5. The van der Waals surface area contributed by atoms with E-state index in [4.69, 9.17) is 5.73 Å². The van der Waals surface area contributed by atoms with Gasteiger partial charge in [0.2, 0.25) is 5.88 Å². The molecule has 0 aliphatic carbocycles. The van der Waals surface area contributed by atoms with Crippen LogP contribution in [-0.4, -0.2) is 17.8 Å². The molecule has 1 aromatic carbocycles. The normalized spacial score (nSPS) is 11.5. The molecular formula is C14H12F4N2O. The van der Waals surface area contributed by atoms with E-state index in [9.17, 15) is 17.6 Å². The van der Waals surface area contributed by atoms with Crippen molar-refractivity contribution in [2.75, 3.05) is 12.3 Å². The molecule has 21 heavy (non-hydrogen) atoms. The van der Waals surface area contributed by atoms with E-state index in [1.54, 1.807) is 6.92 Å². The van der Waals surface area contributed by atoms with Gasteiger partial charge in [-0.05, 0) is 36.2 Å². The van der Waals surface area contributed by atoms with Crippen molar-refractivity contribution in [3.8, 4) is 17.0 Å². The SMILES string of the molecule is Cc1cc(N)c(F)cc1-c1ccc(OCC(F)(F)F)nc1. The minimum atomic E-state index is -4.42. The van der Waals surface area contributed by atoms with Gasteiger partial charge in [-0.15, -0.1) is 0 Å². The molecule has 1 heterocycles. The van der Waals surface area contributed by atoms with Crippen LogP contribution in [0.15, 0.2) is 30.5 Å². The third-order valence-electron chi connectivity index (χ3n) is 2.77. The third kappa shape index (κ3) is 3.84. The van der Waals surface area contributed by atoms with Gasteiger partial charge in [-0.2, -0.15) is 13.2 Å². The van der Waals surface area contributed by atoms with Gasteiger partial charge >= 0.3 is 6.18 Å². The summed E-state index contributed by atoms with van der Waals surface area (Å²) >= 11 is 0. The highest BCUT2D eigenvalue weighted by Gasteiger charge is 2.28. The Labute approximate surface area is 118 Å². The number of pyridine rings is 1. The maximum Gasteiger partial charge on any atom is 0.422 e. The van der Waals surface area contributed by atoms with Crippen molar-refractivity contribution in [3.63, 3.8) is 0 Å². The van der Waals surface area contributed by atoms with Gasteiger partial charge in [0.05, 0.1) is 5.69 Å². The summed E-state index contributed by atoms with van der Waals surface area (Å²) in [6.07, 6.45) is -3.10. The van der Waals surface area contributed by atoms with Gasteiger partial charge in [0.15, 0.2) is 6.61 Å². The molecule has 0 bridgehead atoms. The van der Waals surface area contributed by atoms with Gasteiger partial charge in [-0.3, -0.25) is 0 Å². The van der Waals surface area contributed by atoms with E-state index in [2.05, 4.69) is 9.72 Å². The molecule has 2 aromatic rings. The second-order valence-electron chi connectivity index (χ2n) is 4.48. The molecule has 0 saturated carbocycles. The zero-order valence-corrected chi connectivity index (χ0v) is 11.0. The maximum absolute atomic E-state index is 13.5. The number of nitrogens with two attached hydrogens (primary N) is 1. The van der Waals surface area contributed by atoms with E-state index < -0.39 is 18.6 Å². The Morgan fingerprint density at radius 3 is 2.52 bits per heavy atom. The second kappa shape index (κ2) is 5.59. The molecular weight excluding hydrogens is 288 g/mol. The number of halogens is 4. The van der Waals surface area contributed by atoms with Crippen LogP contribution in [0.3, 0.4) is 0 Å². The van der Waals surface area contributed by atoms with Gasteiger partial charge in [0.25, 0.3) is 0 Å². The highest BCUT2D eigenvalue weighted by Crippen LogP contribution is 2.28. The average Bonchev–Trinajstić information content (AvgIpc) is 2.40. The van der Waals surface area contributed by atoms with Crippen LogP contribution in [0, 0.1) is 12.7 Å². The number of alkyl halides is 3. The number of hydrogen-bond donors (Lipinski definition) is 1. The number of nitrogens with zero attached hydrogens (tertiary/aromatic N) is 1. The summed E-state index contributed by atoms with van der Waals surface area (Å²) in [5, 5.41) is 0. The molecule has 112 valence electrons. The summed E-state index contributed by atoms with van der Waals surface area (Å²) in [4.78, 5) is 3.78. The zero-order valence-electron chi connectivity index (χ0n) is 11.0. The van der Waals surface area contributed by atoms with Crippen LogP contribution in [0.2, 0.25) is 0 Å². The zero-order chi connectivity index (χ0) is 15.6. The lowest BCUT2D eigenvalue weighted by Crippen LogP contribution is -2.19. The summed E-state index contributed by atoms with van der Waals surface area (Å²) < 4.78 is 54.0. The Kier molecular flexibility index (Phi) is 4.02. The van der Waals surface area contributed by atoms with E-state index in [0.717, 1.165) is 5.56 Å². The quantitative estimate of drug-likeness (QED) is 0.694. The molecule has 3 nitrogen and oxygen atoms in total. The van der Waals surface area contributed by atoms with Crippen LogP contribution < -0.4 is 10.5 Å². The van der Waals surface area contributed by atoms with E-state index in [-0.39, 0.29) is 11.6 Å². The van der Waals surface area contributed by atoms with Crippen molar-refractivity contribution in [1.29, 1.82) is 0 Å². The standard InChI is InChI=1S/C14H12F4N2O/c1-8-4-12(19)11(15)5-10(8)9-2-3-13(20-6-9)21-7-14(16,17)18/h2-6H,7,19H2,1H3. The first-order valence-corrected chi connectivity index (χ1v) is 5.98. The lowest BCUT2D eigenvalue weighted by Gasteiger charge is -2.10. The largest absolute Gasteiger partial charge is 0.468 e. The van der Waals surface area contributed by atoms with Crippen molar-refractivity contribution < 1.29 is 22.3 Å². The second-order valence-corrected chi connectivity index (χ2v) is 4.48. The van der Waals surface area contributed by atoms with Gasteiger partial charge in [0.1, 0.15) is 5.82 Å². The molecule has 0 amide bonds. The van der Waals surface area contributed by atoms with E-state index in [1.807, 2.05) is 0 Å². The fraction of sp³-hybridized carbons (Fsp3) is 0.214. The summed E-state index contributed by atoms with van der Waals surface area (Å²) in [5.41, 5.74) is 7.35. The van der Waals surface area contributed by atoms with Crippen molar-refractivity contribution in [2.24, 2.45) is 0 Å². The van der Waals surface area contributed by atoms with Gasteiger partial charge < -0.3 is 10.5 Å². The van der Waals surface area contributed by atoms with Crippen LogP contribution in [0.25, 0.3) is 11.1 Å². The van der Waals surface area contributed by atoms with Crippen molar-refractivity contribution >= 4 is 5.69 Å².